The van der Waals surface area contributed by atoms with Gasteiger partial charge in [-0.1, -0.05) is 0 Å². The minimum absolute atomic E-state index is 0.256. The Balaban J connectivity index is 2.49. The van der Waals surface area contributed by atoms with E-state index in [4.69, 9.17) is 10.8 Å². The Morgan fingerprint density at radius 3 is 2.83 bits per heavy atom. The Morgan fingerprint density at radius 1 is 1.75 bits per heavy atom. The fraction of sp³-hybridized carbons (Fsp3) is 0.857. The molecule has 0 amide bonds. The topological polar surface area (TPSA) is 66.6 Å². The second-order valence-electron chi connectivity index (χ2n) is 3.18. The van der Waals surface area contributed by atoms with Gasteiger partial charge >= 0.3 is 5.97 Å². The number of carboxylic acids is 1. The van der Waals surface area contributed by atoms with Crippen molar-refractivity contribution in [3.63, 3.8) is 0 Å². The molecule has 1 saturated heterocycles. The van der Waals surface area contributed by atoms with E-state index in [0.717, 1.165) is 0 Å². The molecular formula is C7H13FN2O2. The molecule has 1 heterocycles. The Labute approximate surface area is 70.1 Å². The number of nitrogens with zero attached hydrogens (tertiary/aromatic N) is 1. The molecule has 1 aliphatic rings. The summed E-state index contributed by atoms with van der Waals surface area (Å²) in [5.41, 5.74) is 4.40. The van der Waals surface area contributed by atoms with Gasteiger partial charge in [0.1, 0.15) is 12.2 Å². The van der Waals surface area contributed by atoms with Gasteiger partial charge in [-0.15, -0.1) is 0 Å². The Bertz CT molecular complexity index is 188. The monoisotopic (exact) mass is 176 g/mol. The van der Waals surface area contributed by atoms with Gasteiger partial charge in [-0.25, -0.2) is 4.39 Å². The molecule has 0 aromatic heterocycles. The highest BCUT2D eigenvalue weighted by molar-refractivity contribution is 5.79. The number of rotatable bonds is 3. The largest absolute Gasteiger partial charge is 0.480 e. The van der Waals surface area contributed by atoms with E-state index in [2.05, 4.69) is 0 Å². The third-order valence-corrected chi connectivity index (χ3v) is 2.21. The van der Waals surface area contributed by atoms with Crippen molar-refractivity contribution in [2.24, 2.45) is 5.73 Å². The lowest BCUT2D eigenvalue weighted by atomic mass is 10.0. The molecule has 1 rings (SSSR count). The lowest BCUT2D eigenvalue weighted by Crippen LogP contribution is -2.50. The van der Waals surface area contributed by atoms with Crippen LogP contribution >= 0.6 is 0 Å². The molecule has 0 aliphatic carbocycles. The van der Waals surface area contributed by atoms with Gasteiger partial charge in [-0.05, 0) is 6.42 Å². The highest BCUT2D eigenvalue weighted by atomic mass is 19.1. The van der Waals surface area contributed by atoms with Crippen LogP contribution in [0.15, 0.2) is 0 Å². The maximum absolute atomic E-state index is 11.9. The molecular weight excluding hydrogens is 163 g/mol. The van der Waals surface area contributed by atoms with Gasteiger partial charge in [0, 0.05) is 19.6 Å². The summed E-state index contributed by atoms with van der Waals surface area (Å²) >= 11 is 0. The highest BCUT2D eigenvalue weighted by Gasteiger charge is 2.40. The highest BCUT2D eigenvalue weighted by Crippen LogP contribution is 2.18. The minimum Gasteiger partial charge on any atom is -0.480 e. The van der Waals surface area contributed by atoms with Gasteiger partial charge in [0.25, 0.3) is 0 Å². The van der Waals surface area contributed by atoms with Crippen LogP contribution < -0.4 is 5.73 Å². The first-order valence-electron chi connectivity index (χ1n) is 3.89. The molecule has 5 heteroatoms. The van der Waals surface area contributed by atoms with Crippen LogP contribution in [0.25, 0.3) is 0 Å². The van der Waals surface area contributed by atoms with Crippen molar-refractivity contribution in [3.8, 4) is 0 Å². The predicted molar refractivity (Wildman–Crippen MR) is 41.6 cm³/mol. The second-order valence-corrected chi connectivity index (χ2v) is 3.18. The number of hydrogen-bond acceptors (Lipinski definition) is 3. The number of hydrogen-bond donors (Lipinski definition) is 2. The molecule has 1 unspecified atom stereocenters. The number of halogens is 1. The molecule has 70 valence electrons. The zero-order valence-electron chi connectivity index (χ0n) is 6.79. The van der Waals surface area contributed by atoms with Crippen molar-refractivity contribution in [3.05, 3.63) is 0 Å². The first kappa shape index (κ1) is 9.41. The van der Waals surface area contributed by atoms with E-state index in [1.54, 1.807) is 4.90 Å². The zero-order valence-corrected chi connectivity index (χ0v) is 6.79. The van der Waals surface area contributed by atoms with Crippen LogP contribution in [0.4, 0.5) is 4.39 Å². The average molecular weight is 176 g/mol. The van der Waals surface area contributed by atoms with Crippen molar-refractivity contribution in [1.29, 1.82) is 0 Å². The number of carboxylic acid groups (broad SMARTS) is 1. The van der Waals surface area contributed by atoms with Gasteiger partial charge in [-0.2, -0.15) is 0 Å². The zero-order chi connectivity index (χ0) is 9.19. The average Bonchev–Trinajstić information content (AvgIpc) is 2.34. The lowest BCUT2D eigenvalue weighted by molar-refractivity contribution is -0.142. The van der Waals surface area contributed by atoms with Gasteiger partial charge in [0.15, 0.2) is 0 Å². The molecule has 0 bridgehead atoms. The quantitative estimate of drug-likeness (QED) is 0.605. The molecule has 3 N–H and O–H groups in total. The van der Waals surface area contributed by atoms with Crippen LogP contribution in [-0.2, 0) is 4.79 Å². The summed E-state index contributed by atoms with van der Waals surface area (Å²) in [5, 5.41) is 8.71. The molecule has 0 radical (unpaired) electrons. The van der Waals surface area contributed by atoms with E-state index in [1.165, 1.54) is 0 Å². The summed E-state index contributed by atoms with van der Waals surface area (Å²) < 4.78 is 11.9. The first-order valence-corrected chi connectivity index (χ1v) is 3.89. The normalized spacial score (nSPS) is 30.8. The third-order valence-electron chi connectivity index (χ3n) is 2.21. The van der Waals surface area contributed by atoms with Crippen molar-refractivity contribution >= 4 is 5.97 Å². The van der Waals surface area contributed by atoms with Crippen LogP contribution in [0.1, 0.15) is 6.42 Å². The van der Waals surface area contributed by atoms with Gasteiger partial charge in [0.05, 0.1) is 0 Å². The minimum atomic E-state index is -1.16. The Kier molecular flexibility index (Phi) is 2.64. The first-order chi connectivity index (χ1) is 5.58. The number of nitrogens with two attached hydrogens (primary N) is 1. The fourth-order valence-electron chi connectivity index (χ4n) is 1.40. The maximum atomic E-state index is 11.9. The lowest BCUT2D eigenvalue weighted by Gasteiger charge is -2.18. The Hall–Kier alpha value is -0.680. The van der Waals surface area contributed by atoms with E-state index >= 15 is 0 Å². The molecule has 12 heavy (non-hydrogen) atoms. The standard InChI is InChI=1S/C7H13FN2O2/c8-2-4-10-3-1-7(9,5-10)6(11)12/h1-5,9H2,(H,11,12). The second kappa shape index (κ2) is 3.37. The van der Waals surface area contributed by atoms with Crippen LogP contribution in [0.5, 0.6) is 0 Å². The molecule has 4 nitrogen and oxygen atoms in total. The van der Waals surface area contributed by atoms with Crippen LogP contribution in [-0.4, -0.2) is 47.8 Å². The Morgan fingerprint density at radius 2 is 2.42 bits per heavy atom. The summed E-state index contributed by atoms with van der Waals surface area (Å²) in [7, 11) is 0. The summed E-state index contributed by atoms with van der Waals surface area (Å²) in [5.74, 6) is -0.996. The van der Waals surface area contributed by atoms with Gasteiger partial charge in [-0.3, -0.25) is 9.69 Å². The van der Waals surface area contributed by atoms with E-state index in [1.807, 2.05) is 0 Å². The fourth-order valence-corrected chi connectivity index (χ4v) is 1.40. The summed E-state index contributed by atoms with van der Waals surface area (Å²) in [6, 6.07) is 0. The molecule has 1 fully saturated rings. The smallest absolute Gasteiger partial charge is 0.325 e. The molecule has 0 saturated carbocycles. The van der Waals surface area contributed by atoms with Crippen LogP contribution in [0, 0.1) is 0 Å². The van der Waals surface area contributed by atoms with Crippen LogP contribution in [0.3, 0.4) is 0 Å². The van der Waals surface area contributed by atoms with Crippen LogP contribution in [0.2, 0.25) is 0 Å². The number of likely N-dealkylation sites (tertiary alicyclic amines) is 1. The van der Waals surface area contributed by atoms with Gasteiger partial charge in [0.2, 0.25) is 0 Å². The van der Waals surface area contributed by atoms with Crippen molar-refractivity contribution in [1.82, 2.24) is 4.90 Å². The third kappa shape index (κ3) is 1.73. The summed E-state index contributed by atoms with van der Waals surface area (Å²) in [4.78, 5) is 12.4. The number of alkyl halides is 1. The molecule has 1 atom stereocenters. The van der Waals surface area contributed by atoms with E-state index < -0.39 is 18.2 Å². The SMILES string of the molecule is NC1(C(=O)O)CCN(CCF)C1. The van der Waals surface area contributed by atoms with E-state index in [-0.39, 0.29) is 13.1 Å². The number of aliphatic carboxylic acids is 1. The number of carbonyl (C=O) groups is 1. The molecule has 0 aromatic carbocycles. The predicted octanol–water partition coefficient (Wildman–Crippen LogP) is -0.556. The van der Waals surface area contributed by atoms with Crippen molar-refractivity contribution in [2.75, 3.05) is 26.3 Å². The van der Waals surface area contributed by atoms with Crippen molar-refractivity contribution < 1.29 is 14.3 Å². The molecule has 0 spiro atoms. The maximum Gasteiger partial charge on any atom is 0.325 e. The van der Waals surface area contributed by atoms with E-state index in [9.17, 15) is 9.18 Å². The molecule has 1 aliphatic heterocycles. The van der Waals surface area contributed by atoms with E-state index in [0.29, 0.717) is 13.0 Å². The summed E-state index contributed by atoms with van der Waals surface area (Å²) in [6.45, 7) is 0.668. The van der Waals surface area contributed by atoms with Crippen molar-refractivity contribution in [2.45, 2.75) is 12.0 Å². The summed E-state index contributed by atoms with van der Waals surface area (Å²) in [6.07, 6.45) is 0.405. The molecule has 0 aromatic rings. The van der Waals surface area contributed by atoms with Gasteiger partial charge < -0.3 is 10.8 Å².